The van der Waals surface area contributed by atoms with E-state index in [4.69, 9.17) is 21.3 Å². The van der Waals surface area contributed by atoms with Crippen LogP contribution in [0.25, 0.3) is 15.6 Å². The van der Waals surface area contributed by atoms with Gasteiger partial charge in [-0.2, -0.15) is 9.97 Å². The van der Waals surface area contributed by atoms with E-state index in [0.717, 1.165) is 49.4 Å². The largest absolute Gasteiger partial charge is 0.463 e. The van der Waals surface area contributed by atoms with E-state index in [9.17, 15) is 9.18 Å². The fraction of sp³-hybridized carbons (Fsp3) is 0.471. The van der Waals surface area contributed by atoms with Gasteiger partial charge < -0.3 is 29.2 Å². The molecule has 9 nitrogen and oxygen atoms in total. The minimum absolute atomic E-state index is 0.0768. The second kappa shape index (κ2) is 12.0. The number of anilines is 2. The minimum Gasteiger partial charge on any atom is -0.463 e. The number of hydrogen-bond donors (Lipinski definition) is 0. The number of nitrogens with zero attached hydrogens (tertiary/aromatic N) is 7. The molecular weight excluding hydrogens is 557 g/mol. The highest BCUT2D eigenvalue weighted by Gasteiger charge is 2.44. The standard InChI is InChI=1S/C34H40FN7O2/c1-23-8-6-9-25-10-7-11-29(30(23)25)40-15-12-27-28(20-40)37-33(44-22-34(13-14-34)21-39(4)5)38-31(27)41-16-17-42(32(43)24(2)35)26(19-41)18-36-3/h6-11,26H,2,12-22H2,1,4-5H3/t26-/m0/s1. The van der Waals surface area contributed by atoms with Crippen LogP contribution in [0.4, 0.5) is 15.9 Å². The van der Waals surface area contributed by atoms with E-state index in [0.29, 0.717) is 32.3 Å². The molecule has 2 fully saturated rings. The summed E-state index contributed by atoms with van der Waals surface area (Å²) in [6.07, 6.45) is 2.97. The predicted octanol–water partition coefficient (Wildman–Crippen LogP) is 4.64. The Bertz CT molecular complexity index is 1620. The number of amides is 1. The molecule has 2 aliphatic heterocycles. The van der Waals surface area contributed by atoms with E-state index in [1.807, 2.05) is 0 Å². The minimum atomic E-state index is -1.00. The number of piperazine rings is 1. The van der Waals surface area contributed by atoms with Crippen LogP contribution in [0.5, 0.6) is 6.01 Å². The smallest absolute Gasteiger partial charge is 0.318 e. The van der Waals surface area contributed by atoms with E-state index < -0.39 is 17.8 Å². The third-order valence-electron chi connectivity index (χ3n) is 9.15. The second-order valence-electron chi connectivity index (χ2n) is 12.7. The Morgan fingerprint density at radius 2 is 1.93 bits per heavy atom. The number of fused-ring (bicyclic) bond motifs is 2. The summed E-state index contributed by atoms with van der Waals surface area (Å²) in [6, 6.07) is 12.7. The number of hydrogen-bond acceptors (Lipinski definition) is 7. The quantitative estimate of drug-likeness (QED) is 0.263. The number of ether oxygens (including phenoxy) is 1. The molecule has 44 heavy (non-hydrogen) atoms. The first-order chi connectivity index (χ1) is 21.2. The van der Waals surface area contributed by atoms with Crippen LogP contribution < -0.4 is 14.5 Å². The third kappa shape index (κ3) is 5.93. The van der Waals surface area contributed by atoms with E-state index in [1.54, 1.807) is 0 Å². The molecule has 6 rings (SSSR count). The van der Waals surface area contributed by atoms with Gasteiger partial charge in [0.2, 0.25) is 6.54 Å². The summed E-state index contributed by atoms with van der Waals surface area (Å²) >= 11 is 0. The maximum atomic E-state index is 13.8. The van der Waals surface area contributed by atoms with Crippen molar-refractivity contribution >= 4 is 28.2 Å². The highest BCUT2D eigenvalue weighted by atomic mass is 19.1. The van der Waals surface area contributed by atoms with Gasteiger partial charge in [0.1, 0.15) is 11.9 Å². The van der Waals surface area contributed by atoms with Gasteiger partial charge in [-0.25, -0.2) is 11.0 Å². The van der Waals surface area contributed by atoms with Crippen molar-refractivity contribution in [2.24, 2.45) is 5.41 Å². The molecule has 0 N–H and O–H groups in total. The summed E-state index contributed by atoms with van der Waals surface area (Å²) in [5, 5.41) is 2.46. The zero-order valence-corrected chi connectivity index (χ0v) is 25.9. The topological polar surface area (TPSA) is 69.4 Å². The summed E-state index contributed by atoms with van der Waals surface area (Å²) in [7, 11) is 4.17. The van der Waals surface area contributed by atoms with Gasteiger partial charge >= 0.3 is 6.01 Å². The van der Waals surface area contributed by atoms with E-state index in [1.165, 1.54) is 26.9 Å². The number of aromatic nitrogens is 2. The maximum absolute atomic E-state index is 13.8. The summed E-state index contributed by atoms with van der Waals surface area (Å²) in [5.74, 6) is -0.958. The Hall–Kier alpha value is -4.23. The third-order valence-corrected chi connectivity index (χ3v) is 9.15. The van der Waals surface area contributed by atoms with Crippen molar-refractivity contribution in [3.8, 4) is 6.01 Å². The van der Waals surface area contributed by atoms with Crippen LogP contribution in [0.15, 0.2) is 48.8 Å². The fourth-order valence-corrected chi connectivity index (χ4v) is 6.84. The molecule has 3 aliphatic rings. The molecule has 0 radical (unpaired) electrons. The molecule has 10 heteroatoms. The monoisotopic (exact) mass is 597 g/mol. The lowest BCUT2D eigenvalue weighted by atomic mass is 9.99. The molecule has 1 atom stereocenters. The summed E-state index contributed by atoms with van der Waals surface area (Å²) in [5.41, 5.74) is 4.54. The lowest BCUT2D eigenvalue weighted by Gasteiger charge is -2.41. The summed E-state index contributed by atoms with van der Waals surface area (Å²) in [6.45, 7) is 16.9. The molecule has 2 aromatic carbocycles. The van der Waals surface area contributed by atoms with Crippen LogP contribution in [0, 0.1) is 18.9 Å². The van der Waals surface area contributed by atoms with Crippen LogP contribution in [-0.4, -0.2) is 91.7 Å². The molecule has 3 heterocycles. The molecule has 1 saturated heterocycles. The highest BCUT2D eigenvalue weighted by Crippen LogP contribution is 2.46. The summed E-state index contributed by atoms with van der Waals surface area (Å²) < 4.78 is 20.2. The van der Waals surface area contributed by atoms with Crippen molar-refractivity contribution in [1.29, 1.82) is 0 Å². The number of aryl methyl sites for hydroxylation is 1. The van der Waals surface area contributed by atoms with Crippen LogP contribution >= 0.6 is 0 Å². The molecule has 0 bridgehead atoms. The molecule has 3 aromatic rings. The van der Waals surface area contributed by atoms with Gasteiger partial charge in [-0.15, -0.1) is 0 Å². The molecule has 1 saturated carbocycles. The molecule has 230 valence electrons. The van der Waals surface area contributed by atoms with Crippen molar-refractivity contribution < 1.29 is 13.9 Å². The Labute approximate surface area is 258 Å². The Morgan fingerprint density at radius 1 is 1.16 bits per heavy atom. The van der Waals surface area contributed by atoms with Crippen LogP contribution in [0.3, 0.4) is 0 Å². The van der Waals surface area contributed by atoms with Gasteiger partial charge in [-0.1, -0.05) is 36.9 Å². The number of carbonyl (C=O) groups excluding carboxylic acids is 1. The van der Waals surface area contributed by atoms with E-state index >= 15 is 0 Å². The Balaban J connectivity index is 1.34. The lowest BCUT2D eigenvalue weighted by Crippen LogP contribution is -2.57. The normalized spacial score (nSPS) is 19.1. The molecular formula is C34H40FN7O2. The van der Waals surface area contributed by atoms with Crippen LogP contribution in [0.2, 0.25) is 0 Å². The van der Waals surface area contributed by atoms with E-state index in [-0.39, 0.29) is 18.5 Å². The average Bonchev–Trinajstić information content (AvgIpc) is 3.77. The lowest BCUT2D eigenvalue weighted by molar-refractivity contribution is -0.131. The zero-order chi connectivity index (χ0) is 31.0. The van der Waals surface area contributed by atoms with Crippen LogP contribution in [0.1, 0.15) is 29.7 Å². The first kappa shape index (κ1) is 29.8. The second-order valence-corrected chi connectivity index (χ2v) is 12.7. The van der Waals surface area contributed by atoms with Gasteiger partial charge in [0.05, 0.1) is 18.8 Å². The van der Waals surface area contributed by atoms with Crippen LogP contribution in [-0.2, 0) is 17.8 Å². The number of halogens is 1. The molecule has 0 unspecified atom stereocenters. The van der Waals surface area contributed by atoms with Gasteiger partial charge in [-0.3, -0.25) is 4.79 Å². The zero-order valence-electron chi connectivity index (χ0n) is 25.9. The SMILES string of the molecule is [C-]#[N+]C[C@H]1CN(c2nc(OCC3(CN(C)C)CC3)nc3c2CCN(c2cccc4cccc(C)c24)C3)CCN1C(=O)C(=C)F. The van der Waals surface area contributed by atoms with Gasteiger partial charge in [-0.05, 0) is 57.3 Å². The average molecular weight is 598 g/mol. The number of carbonyl (C=O) groups is 1. The van der Waals surface area contributed by atoms with Crippen molar-refractivity contribution in [2.75, 3.05) is 69.8 Å². The van der Waals surface area contributed by atoms with Crippen molar-refractivity contribution in [2.45, 2.75) is 38.8 Å². The van der Waals surface area contributed by atoms with Gasteiger partial charge in [0.25, 0.3) is 5.91 Å². The van der Waals surface area contributed by atoms with Crippen molar-refractivity contribution in [1.82, 2.24) is 19.8 Å². The molecule has 0 spiro atoms. The Kier molecular flexibility index (Phi) is 8.16. The van der Waals surface area contributed by atoms with Gasteiger partial charge in [0.15, 0.2) is 5.83 Å². The Morgan fingerprint density at radius 3 is 2.64 bits per heavy atom. The first-order valence-electron chi connectivity index (χ1n) is 15.3. The van der Waals surface area contributed by atoms with Gasteiger partial charge in [0, 0.05) is 54.8 Å². The van der Waals surface area contributed by atoms with Crippen molar-refractivity contribution in [3.05, 3.63) is 77.0 Å². The number of benzene rings is 2. The molecule has 1 aromatic heterocycles. The van der Waals surface area contributed by atoms with Crippen molar-refractivity contribution in [3.63, 3.8) is 0 Å². The first-order valence-corrected chi connectivity index (χ1v) is 15.3. The highest BCUT2D eigenvalue weighted by molar-refractivity contribution is 5.97. The summed E-state index contributed by atoms with van der Waals surface area (Å²) in [4.78, 5) is 34.2. The molecule has 1 amide bonds. The fourth-order valence-electron chi connectivity index (χ4n) is 6.84. The molecule has 1 aliphatic carbocycles. The maximum Gasteiger partial charge on any atom is 0.318 e. The predicted molar refractivity (Wildman–Crippen MR) is 171 cm³/mol. The number of rotatable bonds is 9. The van der Waals surface area contributed by atoms with E-state index in [2.05, 4.69) is 83.5 Å².